The summed E-state index contributed by atoms with van der Waals surface area (Å²) in [5.74, 6) is 1.14. The molecule has 4 atom stereocenters. The van der Waals surface area contributed by atoms with Crippen LogP contribution in [0.25, 0.3) is 0 Å². The zero-order valence-electron chi connectivity index (χ0n) is 14.3. The lowest BCUT2D eigenvalue weighted by Gasteiger charge is -2.35. The van der Waals surface area contributed by atoms with Gasteiger partial charge in [-0.05, 0) is 26.2 Å². The Hall–Kier alpha value is -1.10. The zero-order valence-corrected chi connectivity index (χ0v) is 14.3. The van der Waals surface area contributed by atoms with E-state index in [1.54, 1.807) is 0 Å². The van der Waals surface area contributed by atoms with Crippen LogP contribution in [-0.4, -0.2) is 37.1 Å². The summed E-state index contributed by atoms with van der Waals surface area (Å²) in [7, 11) is 0. The van der Waals surface area contributed by atoms with Crippen LogP contribution in [0.2, 0.25) is 0 Å². The first-order chi connectivity index (χ1) is 10.5. The number of quaternary nitrogens is 1. The highest BCUT2D eigenvalue weighted by atomic mass is 16.2. The van der Waals surface area contributed by atoms with Crippen LogP contribution in [-0.2, 0) is 4.79 Å². The summed E-state index contributed by atoms with van der Waals surface area (Å²) in [5.41, 5.74) is 0. The Morgan fingerprint density at radius 2 is 1.64 bits per heavy atom. The fourth-order valence-corrected chi connectivity index (χ4v) is 4.06. The maximum absolute atomic E-state index is 12.3. The molecule has 22 heavy (non-hydrogen) atoms. The summed E-state index contributed by atoms with van der Waals surface area (Å²) >= 11 is 0. The molecule has 1 unspecified atom stereocenters. The maximum Gasteiger partial charge on any atom is 0.321 e. The molecule has 1 saturated carbocycles. The van der Waals surface area contributed by atoms with Crippen molar-refractivity contribution in [3.63, 3.8) is 0 Å². The lowest BCUT2D eigenvalue weighted by Crippen LogP contribution is -3.18. The van der Waals surface area contributed by atoms with Crippen molar-refractivity contribution in [3.05, 3.63) is 0 Å². The van der Waals surface area contributed by atoms with Gasteiger partial charge in [-0.1, -0.05) is 33.1 Å². The molecule has 3 N–H and O–H groups in total. The summed E-state index contributed by atoms with van der Waals surface area (Å²) in [5, 5.41) is 5.49. The topological polar surface area (TPSA) is 62.6 Å². The summed E-state index contributed by atoms with van der Waals surface area (Å²) < 4.78 is 0. The summed E-state index contributed by atoms with van der Waals surface area (Å²) in [4.78, 5) is 25.6. The molecular formula is C17H32N3O2+. The minimum Gasteiger partial charge on any atom is -0.335 e. The van der Waals surface area contributed by atoms with E-state index in [4.69, 9.17) is 0 Å². The van der Waals surface area contributed by atoms with E-state index in [0.717, 1.165) is 25.9 Å². The molecule has 2 fully saturated rings. The van der Waals surface area contributed by atoms with Crippen LogP contribution in [0.3, 0.4) is 0 Å². The summed E-state index contributed by atoms with van der Waals surface area (Å²) in [6, 6.07) is -0.247. The molecular weight excluding hydrogens is 278 g/mol. The number of imide groups is 1. The molecule has 2 aliphatic rings. The molecule has 126 valence electrons. The standard InChI is InChI=1S/C17H31N3O2/c1-12-9-13(2)11-20(10-12)14(3)16(21)19-17(22)18-15-7-5-4-6-8-15/h12-15H,4-11H2,1-3H3,(H2,18,19,21,22)/p+1/t12-,13+,14-/m0/s1. The third-order valence-electron chi connectivity index (χ3n) is 5.21. The third kappa shape index (κ3) is 4.97. The Morgan fingerprint density at radius 3 is 2.23 bits per heavy atom. The van der Waals surface area contributed by atoms with Crippen molar-refractivity contribution in [2.24, 2.45) is 11.8 Å². The monoisotopic (exact) mass is 310 g/mol. The van der Waals surface area contributed by atoms with Gasteiger partial charge in [-0.25, -0.2) is 4.79 Å². The average molecular weight is 310 g/mol. The normalized spacial score (nSPS) is 31.3. The average Bonchev–Trinajstić information content (AvgIpc) is 2.46. The number of carbonyl (C=O) groups is 2. The van der Waals surface area contributed by atoms with Crippen LogP contribution in [0.5, 0.6) is 0 Å². The number of piperidine rings is 1. The van der Waals surface area contributed by atoms with Crippen molar-refractivity contribution in [3.8, 4) is 0 Å². The van der Waals surface area contributed by atoms with Crippen LogP contribution >= 0.6 is 0 Å². The number of urea groups is 1. The number of amides is 3. The van der Waals surface area contributed by atoms with Crippen molar-refractivity contribution in [1.29, 1.82) is 0 Å². The molecule has 5 heteroatoms. The first-order valence-electron chi connectivity index (χ1n) is 8.91. The van der Waals surface area contributed by atoms with Crippen LogP contribution < -0.4 is 15.5 Å². The van der Waals surface area contributed by atoms with Gasteiger partial charge in [-0.3, -0.25) is 10.1 Å². The zero-order chi connectivity index (χ0) is 16.1. The highest BCUT2D eigenvalue weighted by Crippen LogP contribution is 2.17. The van der Waals surface area contributed by atoms with Gasteiger partial charge in [-0.15, -0.1) is 0 Å². The van der Waals surface area contributed by atoms with Gasteiger partial charge in [0.15, 0.2) is 6.04 Å². The van der Waals surface area contributed by atoms with Crippen LogP contribution in [0.15, 0.2) is 0 Å². The van der Waals surface area contributed by atoms with Gasteiger partial charge < -0.3 is 10.2 Å². The first-order valence-corrected chi connectivity index (χ1v) is 8.91. The van der Waals surface area contributed by atoms with Crippen LogP contribution in [0, 0.1) is 11.8 Å². The van der Waals surface area contributed by atoms with E-state index in [9.17, 15) is 9.59 Å². The maximum atomic E-state index is 12.3. The number of hydrogen-bond donors (Lipinski definition) is 3. The van der Waals surface area contributed by atoms with Gasteiger partial charge in [0.05, 0.1) is 13.1 Å². The SMILES string of the molecule is C[C@@H]1C[C@H](C)C[NH+]([C@@H](C)C(=O)NC(=O)NC2CCCCC2)C1. The molecule has 2 rings (SSSR count). The van der Waals surface area contributed by atoms with Gasteiger partial charge in [0.1, 0.15) is 0 Å². The van der Waals surface area contributed by atoms with Crippen LogP contribution in [0.4, 0.5) is 4.79 Å². The molecule has 0 bridgehead atoms. The van der Waals surface area contributed by atoms with Gasteiger partial charge in [0.25, 0.3) is 5.91 Å². The molecule has 1 aliphatic heterocycles. The Balaban J connectivity index is 1.78. The minimum absolute atomic E-state index is 0.149. The second-order valence-electron chi connectivity index (χ2n) is 7.53. The fraction of sp³-hybridized carbons (Fsp3) is 0.882. The van der Waals surface area contributed by atoms with Gasteiger partial charge >= 0.3 is 6.03 Å². The van der Waals surface area contributed by atoms with Gasteiger partial charge in [0.2, 0.25) is 0 Å². The molecule has 3 amide bonds. The van der Waals surface area contributed by atoms with Crippen molar-refractivity contribution in [2.75, 3.05) is 13.1 Å². The van der Waals surface area contributed by atoms with Gasteiger partial charge in [-0.2, -0.15) is 0 Å². The van der Waals surface area contributed by atoms with E-state index in [2.05, 4.69) is 24.5 Å². The number of likely N-dealkylation sites (tertiary alicyclic amines) is 1. The smallest absolute Gasteiger partial charge is 0.321 e. The quantitative estimate of drug-likeness (QED) is 0.731. The highest BCUT2D eigenvalue weighted by Gasteiger charge is 2.33. The lowest BCUT2D eigenvalue weighted by molar-refractivity contribution is -0.925. The molecule has 0 spiro atoms. The van der Waals surface area contributed by atoms with E-state index in [1.807, 2.05) is 6.92 Å². The lowest BCUT2D eigenvalue weighted by atomic mass is 9.91. The molecule has 1 heterocycles. The molecule has 0 aromatic rings. The second-order valence-corrected chi connectivity index (χ2v) is 7.53. The molecule has 0 aromatic carbocycles. The molecule has 0 aromatic heterocycles. The van der Waals surface area contributed by atoms with Gasteiger partial charge in [0, 0.05) is 17.9 Å². The predicted octanol–water partition coefficient (Wildman–Crippen LogP) is 1.09. The number of hydrogen-bond acceptors (Lipinski definition) is 2. The Labute approximate surface area is 134 Å². The fourth-order valence-electron chi connectivity index (χ4n) is 4.06. The van der Waals surface area contributed by atoms with E-state index < -0.39 is 0 Å². The Morgan fingerprint density at radius 1 is 1.05 bits per heavy atom. The van der Waals surface area contributed by atoms with Crippen molar-refractivity contribution < 1.29 is 14.5 Å². The molecule has 1 saturated heterocycles. The highest BCUT2D eigenvalue weighted by molar-refractivity contribution is 5.96. The van der Waals surface area contributed by atoms with E-state index >= 15 is 0 Å². The first kappa shape index (κ1) is 17.3. The molecule has 0 radical (unpaired) electrons. The predicted molar refractivity (Wildman–Crippen MR) is 86.7 cm³/mol. The summed E-state index contributed by atoms with van der Waals surface area (Å²) in [6.45, 7) is 8.46. The minimum atomic E-state index is -0.318. The second kappa shape index (κ2) is 7.95. The number of rotatable bonds is 3. The number of carbonyl (C=O) groups excluding carboxylic acids is 2. The van der Waals surface area contributed by atoms with E-state index in [0.29, 0.717) is 11.8 Å². The Bertz CT molecular complexity index is 383. The van der Waals surface area contributed by atoms with Crippen LogP contribution in [0.1, 0.15) is 59.3 Å². The van der Waals surface area contributed by atoms with E-state index in [1.165, 1.54) is 30.6 Å². The van der Waals surface area contributed by atoms with Crippen molar-refractivity contribution in [2.45, 2.75) is 71.4 Å². The van der Waals surface area contributed by atoms with E-state index in [-0.39, 0.29) is 24.0 Å². The largest absolute Gasteiger partial charge is 0.335 e. The Kier molecular flexibility index (Phi) is 6.24. The summed E-state index contributed by atoms with van der Waals surface area (Å²) in [6.07, 6.45) is 6.89. The molecule has 1 aliphatic carbocycles. The van der Waals surface area contributed by atoms with Crippen molar-refractivity contribution in [1.82, 2.24) is 10.6 Å². The third-order valence-corrected chi connectivity index (χ3v) is 5.21. The molecule has 5 nitrogen and oxygen atoms in total. The number of nitrogens with one attached hydrogen (secondary N) is 3. The van der Waals surface area contributed by atoms with Crippen molar-refractivity contribution >= 4 is 11.9 Å².